The Morgan fingerprint density at radius 3 is 2.41 bits per heavy atom. The SMILES string of the molecule is CN=C(NCCCOc1ccccc1)NCc1ccc(C(=O)N2CC(C)OC(C)C2)cc1. The molecule has 2 aromatic carbocycles. The third-order valence-electron chi connectivity index (χ3n) is 5.22. The molecule has 3 rings (SSSR count). The van der Waals surface area contributed by atoms with Gasteiger partial charge < -0.3 is 25.0 Å². The first-order chi connectivity index (χ1) is 15.5. The van der Waals surface area contributed by atoms with Gasteiger partial charge in [-0.25, -0.2) is 0 Å². The second-order valence-corrected chi connectivity index (χ2v) is 8.03. The second kappa shape index (κ2) is 12.1. The van der Waals surface area contributed by atoms with Crippen molar-refractivity contribution in [1.82, 2.24) is 15.5 Å². The maximum absolute atomic E-state index is 12.8. The van der Waals surface area contributed by atoms with Crippen LogP contribution in [0.2, 0.25) is 0 Å². The normalized spacial score (nSPS) is 18.8. The lowest BCUT2D eigenvalue weighted by atomic mass is 10.1. The van der Waals surface area contributed by atoms with E-state index < -0.39 is 0 Å². The number of hydrogen-bond acceptors (Lipinski definition) is 4. The molecule has 1 fully saturated rings. The lowest BCUT2D eigenvalue weighted by Gasteiger charge is -2.35. The number of guanidine groups is 1. The highest BCUT2D eigenvalue weighted by Crippen LogP contribution is 2.15. The van der Waals surface area contributed by atoms with Gasteiger partial charge >= 0.3 is 0 Å². The maximum Gasteiger partial charge on any atom is 0.254 e. The largest absolute Gasteiger partial charge is 0.494 e. The van der Waals surface area contributed by atoms with E-state index in [2.05, 4.69) is 15.6 Å². The van der Waals surface area contributed by atoms with E-state index in [-0.39, 0.29) is 18.1 Å². The van der Waals surface area contributed by atoms with Crippen molar-refractivity contribution in [3.63, 3.8) is 0 Å². The Balaban J connectivity index is 1.39. The van der Waals surface area contributed by atoms with Crippen molar-refractivity contribution >= 4 is 11.9 Å². The van der Waals surface area contributed by atoms with Gasteiger partial charge in [0.25, 0.3) is 5.91 Å². The molecule has 0 saturated carbocycles. The van der Waals surface area contributed by atoms with Gasteiger partial charge in [0.05, 0.1) is 18.8 Å². The number of nitrogens with zero attached hydrogens (tertiary/aromatic N) is 2. The number of carbonyl (C=O) groups is 1. The first-order valence-corrected chi connectivity index (χ1v) is 11.2. The quantitative estimate of drug-likeness (QED) is 0.376. The summed E-state index contributed by atoms with van der Waals surface area (Å²) in [5.74, 6) is 1.68. The third-order valence-corrected chi connectivity index (χ3v) is 5.22. The molecule has 2 N–H and O–H groups in total. The number of morpholine rings is 1. The Labute approximate surface area is 190 Å². The van der Waals surface area contributed by atoms with Crippen LogP contribution in [0.4, 0.5) is 0 Å². The molecule has 7 nitrogen and oxygen atoms in total. The zero-order valence-electron chi connectivity index (χ0n) is 19.2. The fraction of sp³-hybridized carbons (Fsp3) is 0.440. The number of aliphatic imine (C=N–C) groups is 1. The molecule has 1 amide bonds. The van der Waals surface area contributed by atoms with Gasteiger partial charge in [-0.2, -0.15) is 0 Å². The van der Waals surface area contributed by atoms with Crippen LogP contribution in [0.3, 0.4) is 0 Å². The van der Waals surface area contributed by atoms with Gasteiger partial charge in [-0.3, -0.25) is 9.79 Å². The number of benzene rings is 2. The van der Waals surface area contributed by atoms with Gasteiger partial charge in [-0.15, -0.1) is 0 Å². The fourth-order valence-electron chi connectivity index (χ4n) is 3.68. The number of nitrogens with one attached hydrogen (secondary N) is 2. The first-order valence-electron chi connectivity index (χ1n) is 11.2. The van der Waals surface area contributed by atoms with Gasteiger partial charge in [-0.05, 0) is 50.1 Å². The summed E-state index contributed by atoms with van der Waals surface area (Å²) in [6.45, 7) is 7.29. The zero-order chi connectivity index (χ0) is 22.8. The molecule has 2 atom stereocenters. The lowest BCUT2D eigenvalue weighted by molar-refractivity contribution is -0.0586. The molecule has 1 saturated heterocycles. The van der Waals surface area contributed by atoms with Crippen LogP contribution in [-0.4, -0.2) is 62.3 Å². The minimum absolute atomic E-state index is 0.0571. The average Bonchev–Trinajstić information content (AvgIpc) is 2.81. The molecule has 1 heterocycles. The molecule has 1 aliphatic rings. The van der Waals surface area contributed by atoms with E-state index in [9.17, 15) is 4.79 Å². The van der Waals surface area contributed by atoms with Crippen LogP contribution in [-0.2, 0) is 11.3 Å². The molecule has 2 unspecified atom stereocenters. The highest BCUT2D eigenvalue weighted by molar-refractivity contribution is 5.94. The summed E-state index contributed by atoms with van der Waals surface area (Å²) in [5, 5.41) is 6.60. The minimum atomic E-state index is 0.0571. The highest BCUT2D eigenvalue weighted by Gasteiger charge is 2.26. The molecule has 0 spiro atoms. The smallest absolute Gasteiger partial charge is 0.254 e. The van der Waals surface area contributed by atoms with Gasteiger partial charge in [-0.1, -0.05) is 30.3 Å². The maximum atomic E-state index is 12.8. The molecule has 1 aliphatic heterocycles. The Hall–Kier alpha value is -3.06. The summed E-state index contributed by atoms with van der Waals surface area (Å²) in [6, 6.07) is 17.5. The summed E-state index contributed by atoms with van der Waals surface area (Å²) in [4.78, 5) is 18.9. The first kappa shape index (κ1) is 23.6. The monoisotopic (exact) mass is 438 g/mol. The molecule has 2 aromatic rings. The molecule has 172 valence electrons. The average molecular weight is 439 g/mol. The Morgan fingerprint density at radius 2 is 1.75 bits per heavy atom. The molecule has 0 aliphatic carbocycles. The van der Waals surface area contributed by atoms with Crippen LogP contribution in [0.15, 0.2) is 59.6 Å². The summed E-state index contributed by atoms with van der Waals surface area (Å²) < 4.78 is 11.4. The lowest BCUT2D eigenvalue weighted by Crippen LogP contribution is -2.48. The molecule has 0 bridgehead atoms. The molecular formula is C25H34N4O3. The molecule has 0 aromatic heterocycles. The van der Waals surface area contributed by atoms with Crippen LogP contribution in [0, 0.1) is 0 Å². The van der Waals surface area contributed by atoms with Crippen molar-refractivity contribution < 1.29 is 14.3 Å². The Bertz CT molecular complexity index is 861. The van der Waals surface area contributed by atoms with Crippen LogP contribution >= 0.6 is 0 Å². The van der Waals surface area contributed by atoms with Crippen LogP contribution in [0.1, 0.15) is 36.2 Å². The molecule has 32 heavy (non-hydrogen) atoms. The number of amides is 1. The second-order valence-electron chi connectivity index (χ2n) is 8.03. The van der Waals surface area contributed by atoms with Gasteiger partial charge in [0.15, 0.2) is 5.96 Å². The zero-order valence-corrected chi connectivity index (χ0v) is 19.2. The van der Waals surface area contributed by atoms with E-state index in [1.165, 1.54) is 0 Å². The number of carbonyl (C=O) groups excluding carboxylic acids is 1. The minimum Gasteiger partial charge on any atom is -0.494 e. The Morgan fingerprint density at radius 1 is 1.06 bits per heavy atom. The van der Waals surface area contributed by atoms with Crippen molar-refractivity contribution in [2.45, 2.75) is 39.0 Å². The van der Waals surface area contributed by atoms with E-state index in [4.69, 9.17) is 9.47 Å². The summed E-state index contributed by atoms with van der Waals surface area (Å²) in [6.07, 6.45) is 0.996. The van der Waals surface area contributed by atoms with Crippen molar-refractivity contribution in [3.05, 3.63) is 65.7 Å². The summed E-state index contributed by atoms with van der Waals surface area (Å²) in [5.41, 5.74) is 1.79. The predicted octanol–water partition coefficient (Wildman–Crippen LogP) is 3.07. The summed E-state index contributed by atoms with van der Waals surface area (Å²) in [7, 11) is 1.75. The predicted molar refractivity (Wildman–Crippen MR) is 127 cm³/mol. The van der Waals surface area contributed by atoms with Crippen LogP contribution in [0.25, 0.3) is 0 Å². The highest BCUT2D eigenvalue weighted by atomic mass is 16.5. The van der Waals surface area contributed by atoms with E-state index in [0.717, 1.165) is 30.2 Å². The van der Waals surface area contributed by atoms with E-state index in [0.29, 0.717) is 31.8 Å². The topological polar surface area (TPSA) is 75.2 Å². The van der Waals surface area contributed by atoms with Gasteiger partial charge in [0.1, 0.15) is 5.75 Å². The van der Waals surface area contributed by atoms with Crippen LogP contribution < -0.4 is 15.4 Å². The van der Waals surface area contributed by atoms with Crippen molar-refractivity contribution in [3.8, 4) is 5.75 Å². The summed E-state index contributed by atoms with van der Waals surface area (Å²) >= 11 is 0. The van der Waals surface area contributed by atoms with Gasteiger partial charge in [0, 0.05) is 38.8 Å². The van der Waals surface area contributed by atoms with Gasteiger partial charge in [0.2, 0.25) is 0 Å². The molecule has 7 heteroatoms. The van der Waals surface area contributed by atoms with E-state index in [1.54, 1.807) is 7.05 Å². The third kappa shape index (κ3) is 7.27. The van der Waals surface area contributed by atoms with Crippen molar-refractivity contribution in [2.75, 3.05) is 33.3 Å². The van der Waals surface area contributed by atoms with Crippen LogP contribution in [0.5, 0.6) is 5.75 Å². The number of para-hydroxylation sites is 1. The Kier molecular flexibility index (Phi) is 8.92. The standard InChI is InChI=1S/C25H34N4O3/c1-19-17-29(18-20(2)32-19)24(30)22-12-10-21(11-13-22)16-28-25(26-3)27-14-7-15-31-23-8-5-4-6-9-23/h4-6,8-13,19-20H,7,14-18H2,1-3H3,(H2,26,27,28). The fourth-order valence-corrected chi connectivity index (χ4v) is 3.68. The van der Waals surface area contributed by atoms with E-state index >= 15 is 0 Å². The number of rotatable bonds is 8. The van der Waals surface area contributed by atoms with Crippen molar-refractivity contribution in [2.24, 2.45) is 4.99 Å². The molecular weight excluding hydrogens is 404 g/mol. The number of hydrogen-bond donors (Lipinski definition) is 2. The number of ether oxygens (including phenoxy) is 2. The molecule has 0 radical (unpaired) electrons. The van der Waals surface area contributed by atoms with Crippen molar-refractivity contribution in [1.29, 1.82) is 0 Å². The van der Waals surface area contributed by atoms with E-state index in [1.807, 2.05) is 73.3 Å².